The van der Waals surface area contributed by atoms with E-state index in [0.717, 1.165) is 136 Å². The number of alkyl carbamates (subject to hydrolysis) is 2. The number of pyridine rings is 2. The lowest BCUT2D eigenvalue weighted by molar-refractivity contribution is -0.384. The fourth-order valence-corrected chi connectivity index (χ4v) is 12.2. The number of fused-ring (bicyclic) bond motifs is 10. The zero-order chi connectivity index (χ0) is 63.1. The molecule has 7 N–H and O–H groups in total. The Morgan fingerprint density at radius 2 is 0.978 bits per heavy atom. The molecule has 4 aromatic heterocycles. The van der Waals surface area contributed by atoms with Crippen LogP contribution in [0.1, 0.15) is 91.2 Å². The van der Waals surface area contributed by atoms with Gasteiger partial charge in [0.15, 0.2) is 11.6 Å². The van der Waals surface area contributed by atoms with E-state index in [1.165, 1.54) is 6.07 Å². The van der Waals surface area contributed by atoms with E-state index in [4.69, 9.17) is 35.3 Å². The standard InChI is InChI=1S/C35H32N6O4.C35H34N6O2.CH4O/c1-34(2,3)45-33(42)39-35(18-8-19-35)24-16-14-22(15-17-24)30-29(23-9-6-10-25(21-23)41(43)44)38-32-26-11-4-5-12-27(26)37-31-28(40(30)32)13-7-20-36-31;1-34(2,3)43-33(42)40-35(18-8-19-35)24-16-14-22(15-17-24)30-29(23-9-6-10-25(36)21-23)39-32-26-11-4-5-12-27(26)38-31-28(41(30)32)13-7-20-37-31;1-2/h4-7,9-17,20-21H,8,18-19H2,1-3H3,(H,36,37)(H,39,42);4-7,9-17,20-21H,8,18-19,36H2,1-3H3,(H,37,38)(H,40,42);2H,1H3. The van der Waals surface area contributed by atoms with Gasteiger partial charge < -0.3 is 41.6 Å². The number of para-hydroxylation sites is 2. The van der Waals surface area contributed by atoms with E-state index in [0.29, 0.717) is 28.6 Å². The minimum absolute atomic E-state index is 0.0127. The second kappa shape index (κ2) is 23.8. The molecule has 6 aromatic carbocycles. The predicted octanol–water partition coefficient (Wildman–Crippen LogP) is 15.6. The quantitative estimate of drug-likeness (QED) is 0.0447. The number of amides is 2. The van der Waals surface area contributed by atoms with Gasteiger partial charge in [-0.25, -0.2) is 29.5 Å². The van der Waals surface area contributed by atoms with Gasteiger partial charge in [-0.05, 0) is 152 Å². The molecule has 2 aliphatic carbocycles. The number of nitrogens with zero attached hydrogens (tertiary/aromatic N) is 7. The molecular weight excluding hydrogens is 1130 g/mol. The minimum atomic E-state index is -0.597. The van der Waals surface area contributed by atoms with Gasteiger partial charge in [0.05, 0.1) is 61.5 Å². The minimum Gasteiger partial charge on any atom is -0.444 e. The highest BCUT2D eigenvalue weighted by atomic mass is 16.6. The van der Waals surface area contributed by atoms with Crippen molar-refractivity contribution in [2.45, 2.75) is 102 Å². The molecule has 456 valence electrons. The van der Waals surface area contributed by atoms with Gasteiger partial charge in [-0.1, -0.05) is 97.1 Å². The molecule has 10 aromatic rings. The monoisotopic (exact) mass is 1200 g/mol. The SMILES string of the molecule is CC(C)(C)OC(=O)NC1(c2ccc(-c3c(-c4cccc(N)c4)nc4n3-c3cccnc3Nc3ccccc3-4)cc2)CCC1.CC(C)(C)OC(=O)NC1(c2ccc(-c3c(-c4cccc([N+](=O)[O-])c4)nc4n3-c3cccnc3Nc3ccccc3-4)cc2)CCC1.CO. The molecule has 0 spiro atoms. The first-order valence-corrected chi connectivity index (χ1v) is 30.0. The lowest BCUT2D eigenvalue weighted by Gasteiger charge is -2.43. The van der Waals surface area contributed by atoms with E-state index in [-0.39, 0.29) is 5.69 Å². The first-order valence-electron chi connectivity index (χ1n) is 30.0. The number of nitrogens with two attached hydrogens (primary N) is 1. The Morgan fingerprint density at radius 1 is 0.556 bits per heavy atom. The summed E-state index contributed by atoms with van der Waals surface area (Å²) < 4.78 is 15.4. The molecular formula is C71H70N12O7. The third-order valence-corrected chi connectivity index (χ3v) is 16.5. The van der Waals surface area contributed by atoms with Crippen LogP contribution in [0.25, 0.3) is 79.2 Å². The number of anilines is 5. The number of hydrogen-bond donors (Lipinski definition) is 6. The third kappa shape index (κ3) is 11.6. The maximum Gasteiger partial charge on any atom is 0.408 e. The highest BCUT2D eigenvalue weighted by molar-refractivity contribution is 5.93. The van der Waals surface area contributed by atoms with E-state index in [1.807, 2.05) is 157 Å². The Balaban J connectivity index is 0.000000170. The van der Waals surface area contributed by atoms with Gasteiger partial charge >= 0.3 is 12.2 Å². The van der Waals surface area contributed by atoms with E-state index in [1.54, 1.807) is 24.5 Å². The van der Waals surface area contributed by atoms with Crippen molar-refractivity contribution in [2.24, 2.45) is 0 Å². The highest BCUT2D eigenvalue weighted by Gasteiger charge is 2.43. The lowest BCUT2D eigenvalue weighted by Crippen LogP contribution is -2.52. The number of aromatic nitrogens is 6. The molecule has 14 rings (SSSR count). The van der Waals surface area contributed by atoms with E-state index in [9.17, 15) is 19.7 Å². The number of aliphatic hydroxyl groups excluding tert-OH is 1. The summed E-state index contributed by atoms with van der Waals surface area (Å²) in [6, 6.07) is 54.9. The summed E-state index contributed by atoms with van der Waals surface area (Å²) in [5, 5.41) is 32.0. The predicted molar refractivity (Wildman–Crippen MR) is 351 cm³/mol. The summed E-state index contributed by atoms with van der Waals surface area (Å²) in [5.74, 6) is 2.92. The van der Waals surface area contributed by atoms with Gasteiger partial charge in [0.2, 0.25) is 0 Å². The molecule has 2 saturated carbocycles. The van der Waals surface area contributed by atoms with Crippen molar-refractivity contribution in [2.75, 3.05) is 23.5 Å². The average molecular weight is 1200 g/mol. The van der Waals surface area contributed by atoms with Crippen molar-refractivity contribution in [1.82, 2.24) is 39.7 Å². The van der Waals surface area contributed by atoms with Crippen molar-refractivity contribution in [3.05, 3.63) is 203 Å². The number of non-ortho nitro benzene ring substituents is 1. The zero-order valence-corrected chi connectivity index (χ0v) is 51.2. The second-order valence-corrected chi connectivity index (χ2v) is 24.7. The van der Waals surface area contributed by atoms with Gasteiger partial charge in [-0.2, -0.15) is 0 Å². The molecule has 2 fully saturated rings. The number of carbonyl (C=O) groups is 2. The number of imidazole rings is 2. The Hall–Kier alpha value is -10.7. The summed E-state index contributed by atoms with van der Waals surface area (Å²) >= 11 is 0. The van der Waals surface area contributed by atoms with Gasteiger partial charge in [0.25, 0.3) is 5.69 Å². The first-order chi connectivity index (χ1) is 43.3. The topological polar surface area (TPSA) is 252 Å². The normalized spacial score (nSPS) is 14.3. The van der Waals surface area contributed by atoms with Crippen molar-refractivity contribution in [3.63, 3.8) is 0 Å². The molecule has 6 heterocycles. The Bertz CT molecular complexity index is 4360. The number of nitro groups is 1. The fourth-order valence-electron chi connectivity index (χ4n) is 12.2. The van der Waals surface area contributed by atoms with Gasteiger partial charge in [0, 0.05) is 70.7 Å². The molecule has 2 aliphatic heterocycles. The molecule has 19 nitrogen and oxygen atoms in total. The second-order valence-electron chi connectivity index (χ2n) is 24.7. The number of ether oxygens (including phenoxy) is 2. The van der Waals surface area contributed by atoms with Gasteiger partial charge in [-0.15, -0.1) is 0 Å². The molecule has 90 heavy (non-hydrogen) atoms. The fraction of sp³-hybridized carbons (Fsp3) is 0.239. The number of nitrogen functional groups attached to an aromatic ring is 1. The van der Waals surface area contributed by atoms with Crippen molar-refractivity contribution in [1.29, 1.82) is 0 Å². The summed E-state index contributed by atoms with van der Waals surface area (Å²) in [6.45, 7) is 11.2. The van der Waals surface area contributed by atoms with E-state index >= 15 is 0 Å². The van der Waals surface area contributed by atoms with Crippen LogP contribution >= 0.6 is 0 Å². The van der Waals surface area contributed by atoms with Gasteiger partial charge in [0.1, 0.15) is 22.9 Å². The summed E-state index contributed by atoms with van der Waals surface area (Å²) in [4.78, 5) is 56.7. The van der Waals surface area contributed by atoms with Crippen LogP contribution < -0.4 is 27.0 Å². The summed E-state index contributed by atoms with van der Waals surface area (Å²) in [7, 11) is 1.00. The number of aliphatic hydroxyl groups is 1. The molecule has 0 saturated heterocycles. The van der Waals surface area contributed by atoms with Crippen molar-refractivity contribution >= 4 is 46.6 Å². The third-order valence-electron chi connectivity index (χ3n) is 16.5. The summed E-state index contributed by atoms with van der Waals surface area (Å²) in [5.41, 5.74) is 18.7. The van der Waals surface area contributed by atoms with Crippen LogP contribution in [0.5, 0.6) is 0 Å². The number of benzene rings is 6. The summed E-state index contributed by atoms with van der Waals surface area (Å²) in [6.07, 6.45) is 8.11. The van der Waals surface area contributed by atoms with Crippen LogP contribution in [0.4, 0.5) is 44.0 Å². The molecule has 0 atom stereocenters. The number of nitro benzene ring substituents is 1. The lowest BCUT2D eigenvalue weighted by atomic mass is 9.71. The smallest absolute Gasteiger partial charge is 0.408 e. The van der Waals surface area contributed by atoms with E-state index < -0.39 is 39.4 Å². The van der Waals surface area contributed by atoms with Crippen molar-refractivity contribution < 1.29 is 29.1 Å². The average Bonchev–Trinajstić information content (AvgIpc) is 1.55. The molecule has 0 bridgehead atoms. The molecule has 0 radical (unpaired) electrons. The van der Waals surface area contributed by atoms with E-state index in [2.05, 4.69) is 71.8 Å². The van der Waals surface area contributed by atoms with Crippen LogP contribution in [0, 0.1) is 10.1 Å². The number of carbonyl (C=O) groups excluding carboxylic acids is 2. The van der Waals surface area contributed by atoms with Crippen LogP contribution in [0.3, 0.4) is 0 Å². The molecule has 0 unspecified atom stereocenters. The Labute approximate surface area is 521 Å². The first kappa shape index (κ1) is 59.7. The Morgan fingerprint density at radius 3 is 1.38 bits per heavy atom. The van der Waals surface area contributed by atoms with Crippen LogP contribution in [0.2, 0.25) is 0 Å². The highest BCUT2D eigenvalue weighted by Crippen LogP contribution is 2.49. The molecule has 19 heteroatoms. The van der Waals surface area contributed by atoms with Crippen molar-refractivity contribution in [3.8, 4) is 79.2 Å². The van der Waals surface area contributed by atoms with Crippen LogP contribution in [-0.2, 0) is 20.6 Å². The van der Waals surface area contributed by atoms with Crippen LogP contribution in [0.15, 0.2) is 182 Å². The van der Waals surface area contributed by atoms with Crippen LogP contribution in [-0.4, -0.2) is 69.6 Å². The number of nitrogens with one attached hydrogen (secondary N) is 4. The number of hydrogen-bond acceptors (Lipinski definition) is 14. The Kier molecular flexibility index (Phi) is 15.8. The largest absolute Gasteiger partial charge is 0.444 e. The van der Waals surface area contributed by atoms with Gasteiger partial charge in [-0.3, -0.25) is 19.2 Å². The molecule has 2 amide bonds. The molecule has 4 aliphatic rings. The zero-order valence-electron chi connectivity index (χ0n) is 51.2. The number of rotatable bonds is 9. The maximum absolute atomic E-state index is 12.8. The maximum atomic E-state index is 12.8.